The summed E-state index contributed by atoms with van der Waals surface area (Å²) in [4.78, 5) is 18.3. The largest absolute Gasteiger partial charge is 0.411 e. The van der Waals surface area contributed by atoms with Crippen molar-refractivity contribution in [2.24, 2.45) is 5.73 Å². The number of hydrogen-bond acceptors (Lipinski definition) is 3. The Kier molecular flexibility index (Phi) is 8.47. The van der Waals surface area contributed by atoms with E-state index in [-0.39, 0.29) is 0 Å². The monoisotopic (exact) mass is 219 g/mol. The smallest absolute Gasteiger partial charge is 0.329 e. The molecular weight excluding hydrogens is 194 g/mol. The van der Waals surface area contributed by atoms with Crippen LogP contribution >= 0.6 is 0 Å². The van der Waals surface area contributed by atoms with Crippen molar-refractivity contribution in [1.82, 2.24) is 0 Å². The minimum Gasteiger partial charge on any atom is -0.411 e. The van der Waals surface area contributed by atoms with Crippen LogP contribution in [0.15, 0.2) is 0 Å². The third-order valence-electron chi connectivity index (χ3n) is 2.35. The predicted octanol–water partition coefficient (Wildman–Crippen LogP) is 1.73. The summed E-state index contributed by atoms with van der Waals surface area (Å²) in [6.45, 7) is 2.38. The van der Waals surface area contributed by atoms with E-state index in [9.17, 15) is 9.59 Å². The first-order valence-electron chi connectivity index (χ1n) is 5.71. The van der Waals surface area contributed by atoms with Gasteiger partial charge < -0.3 is 15.3 Å². The van der Waals surface area contributed by atoms with E-state index in [4.69, 9.17) is 5.73 Å². The van der Waals surface area contributed by atoms with Gasteiger partial charge in [-0.25, -0.2) is 0 Å². The first-order valence-corrected chi connectivity index (χ1v) is 8.31. The molecule has 0 spiro atoms. The first-order chi connectivity index (χ1) is 6.56. The lowest BCUT2D eigenvalue weighted by Crippen LogP contribution is -2.29. The summed E-state index contributed by atoms with van der Waals surface area (Å²) >= 11 is 0. The van der Waals surface area contributed by atoms with Crippen LogP contribution in [0.1, 0.15) is 44.9 Å². The Morgan fingerprint density at radius 2 is 1.29 bits per heavy atom. The molecule has 0 rings (SSSR count). The Hall–Kier alpha value is 0.0969. The quantitative estimate of drug-likeness (QED) is 0.409. The Labute approximate surface area is 88.6 Å². The van der Waals surface area contributed by atoms with Gasteiger partial charge in [0.25, 0.3) is 0 Å². The molecule has 14 heavy (non-hydrogen) atoms. The molecule has 0 bridgehead atoms. The van der Waals surface area contributed by atoms with Crippen LogP contribution in [0.3, 0.4) is 0 Å². The van der Waals surface area contributed by atoms with Crippen LogP contribution in [-0.4, -0.2) is 24.7 Å². The molecule has 4 N–H and O–H groups in total. The number of unbranched alkanes of at least 4 members (excludes halogenated alkanes) is 6. The van der Waals surface area contributed by atoms with E-state index in [0.717, 1.165) is 25.8 Å². The van der Waals surface area contributed by atoms with E-state index in [2.05, 4.69) is 0 Å². The summed E-state index contributed by atoms with van der Waals surface area (Å²) in [5.41, 5.74) is 5.39. The SMILES string of the molecule is C[Si](O)(O)CCCCCCCCCN. The maximum atomic E-state index is 9.17. The molecule has 0 radical (unpaired) electrons. The van der Waals surface area contributed by atoms with Crippen molar-refractivity contribution in [3.63, 3.8) is 0 Å². The van der Waals surface area contributed by atoms with Crippen molar-refractivity contribution < 1.29 is 9.59 Å². The van der Waals surface area contributed by atoms with Gasteiger partial charge in [-0.2, -0.15) is 0 Å². The van der Waals surface area contributed by atoms with Crippen LogP contribution in [0.4, 0.5) is 0 Å². The topological polar surface area (TPSA) is 66.5 Å². The molecule has 0 aliphatic carbocycles. The predicted molar refractivity (Wildman–Crippen MR) is 62.2 cm³/mol. The minimum atomic E-state index is -2.75. The van der Waals surface area contributed by atoms with Gasteiger partial charge in [0.05, 0.1) is 0 Å². The average Bonchev–Trinajstić information content (AvgIpc) is 2.08. The van der Waals surface area contributed by atoms with Crippen LogP contribution in [0.5, 0.6) is 0 Å². The van der Waals surface area contributed by atoms with E-state index < -0.39 is 8.56 Å². The standard InChI is InChI=1S/C10H25NO2Si/c1-14(12,13)10-8-6-4-2-3-5-7-9-11/h12-13H,2-11H2,1H3. The van der Waals surface area contributed by atoms with Gasteiger partial charge in [0.15, 0.2) is 0 Å². The molecule has 0 fully saturated rings. The van der Waals surface area contributed by atoms with Crippen LogP contribution < -0.4 is 5.73 Å². The maximum absolute atomic E-state index is 9.17. The van der Waals surface area contributed by atoms with Gasteiger partial charge in [0.2, 0.25) is 0 Å². The second-order valence-corrected chi connectivity index (χ2v) is 7.16. The van der Waals surface area contributed by atoms with Crippen molar-refractivity contribution in [3.05, 3.63) is 0 Å². The van der Waals surface area contributed by atoms with Gasteiger partial charge in [-0.3, -0.25) is 0 Å². The number of hydrogen-bond donors (Lipinski definition) is 3. The molecule has 0 unspecified atom stereocenters. The molecule has 0 heterocycles. The summed E-state index contributed by atoms with van der Waals surface area (Å²) in [7, 11) is -2.75. The molecule has 3 nitrogen and oxygen atoms in total. The zero-order valence-corrected chi connectivity index (χ0v) is 10.3. The summed E-state index contributed by atoms with van der Waals surface area (Å²) < 4.78 is 0. The highest BCUT2D eigenvalue weighted by Crippen LogP contribution is 2.12. The van der Waals surface area contributed by atoms with Crippen LogP contribution in [-0.2, 0) is 0 Å². The normalized spacial score (nSPS) is 12.0. The second-order valence-electron chi connectivity index (χ2n) is 4.23. The van der Waals surface area contributed by atoms with Crippen LogP contribution in [0, 0.1) is 0 Å². The molecule has 0 aromatic rings. The molecule has 0 saturated carbocycles. The fourth-order valence-corrected chi connectivity index (χ4v) is 2.41. The summed E-state index contributed by atoms with van der Waals surface area (Å²) in [5, 5.41) is 0. The van der Waals surface area contributed by atoms with Gasteiger partial charge in [-0.15, -0.1) is 0 Å². The van der Waals surface area contributed by atoms with E-state index >= 15 is 0 Å². The lowest BCUT2D eigenvalue weighted by atomic mass is 10.1. The van der Waals surface area contributed by atoms with Crippen LogP contribution in [0.25, 0.3) is 0 Å². The average molecular weight is 219 g/mol. The minimum absolute atomic E-state index is 0.621. The van der Waals surface area contributed by atoms with Gasteiger partial charge in [-0.1, -0.05) is 38.5 Å². The lowest BCUT2D eigenvalue weighted by Gasteiger charge is -2.10. The second kappa shape index (κ2) is 8.41. The van der Waals surface area contributed by atoms with Crippen molar-refractivity contribution in [3.8, 4) is 0 Å². The Morgan fingerprint density at radius 3 is 1.71 bits per heavy atom. The highest BCUT2D eigenvalue weighted by molar-refractivity contribution is 6.63. The fourth-order valence-electron chi connectivity index (χ4n) is 1.49. The Bertz CT molecular complexity index is 126. The number of nitrogens with two attached hydrogens (primary N) is 1. The van der Waals surface area contributed by atoms with Crippen molar-refractivity contribution >= 4 is 8.56 Å². The lowest BCUT2D eigenvalue weighted by molar-refractivity contribution is 0.366. The zero-order chi connectivity index (χ0) is 10.9. The molecule has 4 heteroatoms. The third-order valence-corrected chi connectivity index (χ3v) is 3.66. The van der Waals surface area contributed by atoms with Gasteiger partial charge in [-0.05, 0) is 25.6 Å². The van der Waals surface area contributed by atoms with E-state index in [1.165, 1.54) is 25.7 Å². The van der Waals surface area contributed by atoms with Gasteiger partial charge >= 0.3 is 8.56 Å². The summed E-state index contributed by atoms with van der Waals surface area (Å²) in [6.07, 6.45) is 8.22. The van der Waals surface area contributed by atoms with Gasteiger partial charge in [0, 0.05) is 0 Å². The molecule has 0 saturated heterocycles. The highest BCUT2D eigenvalue weighted by atomic mass is 28.4. The number of rotatable bonds is 9. The highest BCUT2D eigenvalue weighted by Gasteiger charge is 2.19. The van der Waals surface area contributed by atoms with Gasteiger partial charge in [0.1, 0.15) is 0 Å². The third kappa shape index (κ3) is 12.1. The zero-order valence-electron chi connectivity index (χ0n) is 9.34. The molecule has 86 valence electrons. The van der Waals surface area contributed by atoms with Crippen molar-refractivity contribution in [2.75, 3.05) is 6.54 Å². The molecule has 0 aromatic heterocycles. The first kappa shape index (κ1) is 14.1. The van der Waals surface area contributed by atoms with Crippen molar-refractivity contribution in [2.45, 2.75) is 57.5 Å². The van der Waals surface area contributed by atoms with E-state index in [1.54, 1.807) is 6.55 Å². The summed E-state index contributed by atoms with van der Waals surface area (Å²) in [5.74, 6) is 0. The van der Waals surface area contributed by atoms with E-state index in [1.807, 2.05) is 0 Å². The summed E-state index contributed by atoms with van der Waals surface area (Å²) in [6, 6.07) is 0.621. The molecule has 0 aliphatic heterocycles. The fraction of sp³-hybridized carbons (Fsp3) is 1.00. The maximum Gasteiger partial charge on any atom is 0.329 e. The molecule has 0 aromatic carbocycles. The molecule has 0 amide bonds. The van der Waals surface area contributed by atoms with Crippen molar-refractivity contribution in [1.29, 1.82) is 0 Å². The Morgan fingerprint density at radius 1 is 0.857 bits per heavy atom. The van der Waals surface area contributed by atoms with Crippen LogP contribution in [0.2, 0.25) is 12.6 Å². The van der Waals surface area contributed by atoms with E-state index in [0.29, 0.717) is 6.04 Å². The molecular formula is C10H25NO2Si. The molecule has 0 aliphatic rings. The Balaban J connectivity index is 2.99. The molecule has 0 atom stereocenters.